The number of alkyl halides is 3. The lowest BCUT2D eigenvalue weighted by Gasteiger charge is -2.23. The lowest BCUT2D eigenvalue weighted by atomic mass is 9.91. The molecule has 2 fully saturated rings. The van der Waals surface area contributed by atoms with Gasteiger partial charge in [-0.05, 0) is 42.2 Å². The largest absolute Gasteiger partial charge is 0.416 e. The summed E-state index contributed by atoms with van der Waals surface area (Å²) in [5.41, 5.74) is -0.106. The molecule has 0 radical (unpaired) electrons. The Balaban J connectivity index is 1.47. The Morgan fingerprint density at radius 3 is 2.44 bits per heavy atom. The number of aromatic nitrogens is 3. The normalized spacial score (nSPS) is 28.2. The molecule has 0 spiro atoms. The van der Waals surface area contributed by atoms with Crippen molar-refractivity contribution in [2.75, 3.05) is 13.1 Å². The van der Waals surface area contributed by atoms with Crippen LogP contribution in [-0.4, -0.2) is 38.3 Å². The Morgan fingerprint density at radius 2 is 1.84 bits per heavy atom. The number of aliphatic hydroxyl groups is 1. The Labute approximate surface area is 142 Å². The first-order valence-corrected chi connectivity index (χ1v) is 8.37. The summed E-state index contributed by atoms with van der Waals surface area (Å²) in [5, 5.41) is 16.7. The van der Waals surface area contributed by atoms with Gasteiger partial charge in [0.15, 0.2) is 12.1 Å². The number of rotatable bonds is 3. The molecule has 0 amide bonds. The molecular weight excluding hydrogens is 333 g/mol. The van der Waals surface area contributed by atoms with Gasteiger partial charge in [-0.2, -0.15) is 18.3 Å². The van der Waals surface area contributed by atoms with E-state index >= 15 is 0 Å². The van der Waals surface area contributed by atoms with Crippen LogP contribution in [0.3, 0.4) is 0 Å². The number of nitrogens with one attached hydrogen (secondary N) is 1. The summed E-state index contributed by atoms with van der Waals surface area (Å²) in [4.78, 5) is 5.89. The average molecular weight is 352 g/mol. The Hall–Kier alpha value is -1.93. The minimum absolute atomic E-state index is 0.0719. The lowest BCUT2D eigenvalue weighted by Crippen LogP contribution is -2.28. The Bertz CT molecular complexity index is 720. The third-order valence-corrected chi connectivity index (χ3v) is 5.51. The molecule has 1 aromatic heterocycles. The van der Waals surface area contributed by atoms with Crippen LogP contribution in [0.4, 0.5) is 13.2 Å². The van der Waals surface area contributed by atoms with Crippen molar-refractivity contribution < 1.29 is 18.3 Å². The number of aromatic amines is 1. The summed E-state index contributed by atoms with van der Waals surface area (Å²) in [7, 11) is 0. The van der Waals surface area contributed by atoms with E-state index in [1.54, 1.807) is 12.1 Å². The van der Waals surface area contributed by atoms with E-state index in [9.17, 15) is 18.3 Å². The molecule has 5 nitrogen and oxygen atoms in total. The van der Waals surface area contributed by atoms with Crippen molar-refractivity contribution in [3.63, 3.8) is 0 Å². The fourth-order valence-electron chi connectivity index (χ4n) is 4.41. The van der Waals surface area contributed by atoms with Crippen LogP contribution in [0.15, 0.2) is 30.6 Å². The third-order valence-electron chi connectivity index (χ3n) is 5.51. The van der Waals surface area contributed by atoms with Crippen molar-refractivity contribution in [3.05, 3.63) is 47.5 Å². The highest BCUT2D eigenvalue weighted by Gasteiger charge is 2.45. The van der Waals surface area contributed by atoms with Gasteiger partial charge in [0.05, 0.1) is 5.56 Å². The first kappa shape index (κ1) is 16.5. The predicted molar refractivity (Wildman–Crippen MR) is 83.3 cm³/mol. The molecule has 4 rings (SSSR count). The van der Waals surface area contributed by atoms with Crippen molar-refractivity contribution in [2.45, 2.75) is 31.2 Å². The van der Waals surface area contributed by atoms with Crippen LogP contribution in [-0.2, 0) is 6.18 Å². The summed E-state index contributed by atoms with van der Waals surface area (Å²) >= 11 is 0. The maximum atomic E-state index is 13.3. The quantitative estimate of drug-likeness (QED) is 0.891. The highest BCUT2D eigenvalue weighted by Crippen LogP contribution is 2.49. The first-order chi connectivity index (χ1) is 11.9. The van der Waals surface area contributed by atoms with E-state index in [1.807, 2.05) is 4.90 Å². The lowest BCUT2D eigenvalue weighted by molar-refractivity contribution is -0.138. The zero-order chi connectivity index (χ0) is 17.6. The highest BCUT2D eigenvalue weighted by atomic mass is 19.4. The standard InChI is InChI=1S/C17H19F3N4O/c18-17(19,20)14-4-2-1-3-13(14)10-5-11-7-24(8-12(11)6-10)16(25)15-21-9-22-23-15/h1-4,9-12,16,25H,5-8H2,(H,21,22,23)/t10?,11-,12+,16?. The van der Waals surface area contributed by atoms with Gasteiger partial charge in [-0.1, -0.05) is 18.2 Å². The third kappa shape index (κ3) is 3.04. The Morgan fingerprint density at radius 1 is 1.16 bits per heavy atom. The van der Waals surface area contributed by atoms with E-state index in [-0.39, 0.29) is 5.92 Å². The molecule has 1 saturated carbocycles. The van der Waals surface area contributed by atoms with E-state index in [0.29, 0.717) is 36.3 Å². The summed E-state index contributed by atoms with van der Waals surface area (Å²) in [6.45, 7) is 1.33. The summed E-state index contributed by atoms with van der Waals surface area (Å²) in [6, 6.07) is 5.90. The van der Waals surface area contributed by atoms with Crippen LogP contribution < -0.4 is 0 Å². The minimum Gasteiger partial charge on any atom is -0.371 e. The van der Waals surface area contributed by atoms with E-state index < -0.39 is 18.0 Å². The molecule has 2 aromatic rings. The maximum absolute atomic E-state index is 13.3. The smallest absolute Gasteiger partial charge is 0.371 e. The van der Waals surface area contributed by atoms with E-state index in [0.717, 1.165) is 12.8 Å². The molecule has 1 saturated heterocycles. The number of nitrogens with zero attached hydrogens (tertiary/aromatic N) is 3. The zero-order valence-corrected chi connectivity index (χ0v) is 13.4. The molecule has 2 aliphatic rings. The van der Waals surface area contributed by atoms with Gasteiger partial charge in [0.2, 0.25) is 0 Å². The van der Waals surface area contributed by atoms with Crippen LogP contribution in [0.25, 0.3) is 0 Å². The van der Waals surface area contributed by atoms with Crippen molar-refractivity contribution in [3.8, 4) is 0 Å². The van der Waals surface area contributed by atoms with Crippen molar-refractivity contribution >= 4 is 0 Å². The summed E-state index contributed by atoms with van der Waals surface area (Å²) in [6.07, 6.45) is -2.37. The van der Waals surface area contributed by atoms with Gasteiger partial charge < -0.3 is 5.11 Å². The molecule has 1 aliphatic carbocycles. The van der Waals surface area contributed by atoms with Gasteiger partial charge in [0.25, 0.3) is 0 Å². The molecule has 134 valence electrons. The summed E-state index contributed by atoms with van der Waals surface area (Å²) in [5.74, 6) is 0.920. The monoisotopic (exact) mass is 352 g/mol. The van der Waals surface area contributed by atoms with Gasteiger partial charge >= 0.3 is 6.18 Å². The minimum atomic E-state index is -4.32. The van der Waals surface area contributed by atoms with Gasteiger partial charge in [-0.15, -0.1) is 0 Å². The fourth-order valence-corrected chi connectivity index (χ4v) is 4.41. The molecule has 1 aliphatic heterocycles. The molecule has 8 heteroatoms. The second-order valence-corrected chi connectivity index (χ2v) is 6.97. The second-order valence-electron chi connectivity index (χ2n) is 6.97. The number of halogens is 3. The SMILES string of the molecule is OC(c1ncn[nH]1)N1C[C@H]2CC(c3ccccc3C(F)(F)F)C[C@H]2C1. The number of fused-ring (bicyclic) bond motifs is 1. The predicted octanol–water partition coefficient (Wildman–Crippen LogP) is 2.94. The summed E-state index contributed by atoms with van der Waals surface area (Å²) < 4.78 is 39.8. The fraction of sp³-hybridized carbons (Fsp3) is 0.529. The molecule has 4 atom stereocenters. The second kappa shape index (κ2) is 6.10. The molecule has 2 unspecified atom stereocenters. The number of aliphatic hydroxyl groups excluding tert-OH is 1. The van der Waals surface area contributed by atoms with Gasteiger partial charge in [-0.25, -0.2) is 4.98 Å². The molecule has 2 N–H and O–H groups in total. The zero-order valence-electron chi connectivity index (χ0n) is 13.4. The van der Waals surface area contributed by atoms with Crippen LogP contribution >= 0.6 is 0 Å². The number of H-pyrrole nitrogens is 1. The molecule has 0 bridgehead atoms. The van der Waals surface area contributed by atoms with Gasteiger partial charge in [0.1, 0.15) is 6.33 Å². The highest BCUT2D eigenvalue weighted by molar-refractivity contribution is 5.34. The maximum Gasteiger partial charge on any atom is 0.416 e. The van der Waals surface area contributed by atoms with Crippen LogP contribution in [0.2, 0.25) is 0 Å². The van der Waals surface area contributed by atoms with Crippen molar-refractivity contribution in [1.29, 1.82) is 0 Å². The number of hydrogen-bond acceptors (Lipinski definition) is 4. The van der Waals surface area contributed by atoms with E-state index in [1.165, 1.54) is 18.5 Å². The average Bonchev–Trinajstić information content (AvgIpc) is 3.29. The Kier molecular flexibility index (Phi) is 4.04. The molecular formula is C17H19F3N4O. The topological polar surface area (TPSA) is 65.0 Å². The van der Waals surface area contributed by atoms with Gasteiger partial charge in [-0.3, -0.25) is 10.00 Å². The van der Waals surface area contributed by atoms with Crippen LogP contribution in [0, 0.1) is 11.8 Å². The van der Waals surface area contributed by atoms with E-state index in [4.69, 9.17) is 0 Å². The number of likely N-dealkylation sites (tertiary alicyclic amines) is 1. The number of benzene rings is 1. The molecule has 25 heavy (non-hydrogen) atoms. The first-order valence-electron chi connectivity index (χ1n) is 8.37. The van der Waals surface area contributed by atoms with Crippen molar-refractivity contribution in [2.24, 2.45) is 11.8 Å². The van der Waals surface area contributed by atoms with Gasteiger partial charge in [0, 0.05) is 13.1 Å². The number of hydrogen-bond donors (Lipinski definition) is 2. The van der Waals surface area contributed by atoms with Crippen LogP contribution in [0.1, 0.15) is 41.9 Å². The molecule has 2 heterocycles. The van der Waals surface area contributed by atoms with Crippen molar-refractivity contribution in [1.82, 2.24) is 20.1 Å². The molecule has 1 aromatic carbocycles. The van der Waals surface area contributed by atoms with E-state index in [2.05, 4.69) is 15.2 Å². The van der Waals surface area contributed by atoms with Crippen LogP contribution in [0.5, 0.6) is 0 Å².